The predicted octanol–water partition coefficient (Wildman–Crippen LogP) is -0.861. The number of carbonyl (C=O) groups excluding carboxylic acids is 1. The summed E-state index contributed by atoms with van der Waals surface area (Å²) < 4.78 is 10.4. The molecule has 0 radical (unpaired) electrons. The molecule has 1 aliphatic rings. The van der Waals surface area contributed by atoms with Gasteiger partial charge in [-0.2, -0.15) is 5.10 Å². The molecule has 1 aliphatic heterocycles. The third-order valence-electron chi connectivity index (χ3n) is 3.16. The molecule has 0 aliphatic carbocycles. The Balaban J connectivity index is 1.45. The van der Waals surface area contributed by atoms with Crippen molar-refractivity contribution in [2.75, 3.05) is 18.7 Å². The van der Waals surface area contributed by atoms with E-state index in [1.807, 2.05) is 4.98 Å². The number of hydrogen-bond acceptors (Lipinski definition) is 8. The largest absolute Gasteiger partial charge is 0.454 e. The molecular weight excluding hydrogens is 332 g/mol. The molecule has 0 fully saturated rings. The summed E-state index contributed by atoms with van der Waals surface area (Å²) in [7, 11) is 0. The average Bonchev–Trinajstić information content (AvgIpc) is 3.04. The monoisotopic (exact) mass is 346 g/mol. The first kappa shape index (κ1) is 16.2. The van der Waals surface area contributed by atoms with Crippen molar-refractivity contribution in [3.63, 3.8) is 0 Å². The van der Waals surface area contributed by atoms with Gasteiger partial charge in [-0.15, -0.1) is 5.10 Å². The van der Waals surface area contributed by atoms with Gasteiger partial charge in [-0.05, 0) is 23.8 Å². The summed E-state index contributed by atoms with van der Waals surface area (Å²) in [4.78, 5) is 35.9. The van der Waals surface area contributed by atoms with Gasteiger partial charge >= 0.3 is 5.69 Å². The van der Waals surface area contributed by atoms with Gasteiger partial charge in [0.25, 0.3) is 5.56 Å². The number of benzene rings is 1. The van der Waals surface area contributed by atoms with Crippen molar-refractivity contribution in [1.82, 2.24) is 20.6 Å². The van der Waals surface area contributed by atoms with E-state index < -0.39 is 11.2 Å². The fraction of sp³-hybridized carbons (Fsp3) is 0.214. The van der Waals surface area contributed by atoms with E-state index >= 15 is 0 Å². The van der Waals surface area contributed by atoms with Crippen LogP contribution in [0.4, 0.5) is 5.82 Å². The Morgan fingerprint density at radius 1 is 1.32 bits per heavy atom. The van der Waals surface area contributed by atoms with Gasteiger partial charge in [-0.1, -0.05) is 0 Å². The lowest BCUT2D eigenvalue weighted by atomic mass is 10.2. The van der Waals surface area contributed by atoms with Crippen molar-refractivity contribution in [2.45, 2.75) is 6.42 Å². The number of aromatic amines is 2. The van der Waals surface area contributed by atoms with Crippen molar-refractivity contribution in [1.29, 1.82) is 0 Å². The minimum absolute atomic E-state index is 0.0543. The molecule has 1 amide bonds. The molecule has 4 N–H and O–H groups in total. The van der Waals surface area contributed by atoms with Crippen LogP contribution < -0.4 is 31.5 Å². The van der Waals surface area contributed by atoms with E-state index in [1.165, 1.54) is 6.21 Å². The van der Waals surface area contributed by atoms with Crippen LogP contribution in [-0.2, 0) is 4.79 Å². The first-order valence-electron chi connectivity index (χ1n) is 7.26. The third kappa shape index (κ3) is 4.22. The van der Waals surface area contributed by atoms with Crippen LogP contribution in [0.2, 0.25) is 0 Å². The molecular formula is C14H14N6O5. The first-order chi connectivity index (χ1) is 12.1. The normalized spacial score (nSPS) is 12.3. The van der Waals surface area contributed by atoms with Gasteiger partial charge in [0, 0.05) is 13.0 Å². The van der Waals surface area contributed by atoms with E-state index in [2.05, 4.69) is 26.0 Å². The van der Waals surface area contributed by atoms with E-state index in [4.69, 9.17) is 9.47 Å². The molecule has 11 nitrogen and oxygen atoms in total. The van der Waals surface area contributed by atoms with E-state index in [9.17, 15) is 14.4 Å². The summed E-state index contributed by atoms with van der Waals surface area (Å²) in [6.07, 6.45) is 1.53. The molecule has 11 heteroatoms. The molecule has 0 saturated carbocycles. The summed E-state index contributed by atoms with van der Waals surface area (Å²) in [6.45, 7) is 0.333. The average molecular weight is 346 g/mol. The summed E-state index contributed by atoms with van der Waals surface area (Å²) in [5.41, 5.74) is 1.74. The van der Waals surface area contributed by atoms with Gasteiger partial charge in [0.2, 0.25) is 18.5 Å². The highest BCUT2D eigenvalue weighted by molar-refractivity contribution is 5.83. The minimum atomic E-state index is -0.703. The fourth-order valence-electron chi connectivity index (χ4n) is 1.99. The Hall–Kier alpha value is -3.63. The number of hydrazone groups is 1. The molecule has 2 heterocycles. The number of H-pyrrole nitrogens is 2. The second-order valence-corrected chi connectivity index (χ2v) is 4.94. The van der Waals surface area contributed by atoms with Crippen molar-refractivity contribution >= 4 is 17.9 Å². The summed E-state index contributed by atoms with van der Waals surface area (Å²) >= 11 is 0. The molecule has 0 saturated heterocycles. The van der Waals surface area contributed by atoms with E-state index in [-0.39, 0.29) is 31.5 Å². The maximum absolute atomic E-state index is 11.7. The number of rotatable bonds is 6. The van der Waals surface area contributed by atoms with Crippen LogP contribution in [0.3, 0.4) is 0 Å². The molecule has 1 aromatic carbocycles. The van der Waals surface area contributed by atoms with Gasteiger partial charge in [0.15, 0.2) is 11.5 Å². The molecule has 0 spiro atoms. The number of aromatic nitrogens is 3. The number of amides is 1. The Kier molecular flexibility index (Phi) is 4.74. The van der Waals surface area contributed by atoms with Crippen LogP contribution in [0, 0.1) is 0 Å². The van der Waals surface area contributed by atoms with Gasteiger partial charge in [-0.25, -0.2) is 15.3 Å². The SMILES string of the molecule is O=C(CCNc1n[nH]c(=O)[nH]c1=O)N/N=C/c1ccc2c(c1)OCO2. The molecule has 2 aromatic rings. The second-order valence-electron chi connectivity index (χ2n) is 4.94. The van der Waals surface area contributed by atoms with Crippen molar-refractivity contribution < 1.29 is 14.3 Å². The Bertz CT molecular complexity index is 918. The lowest BCUT2D eigenvalue weighted by Gasteiger charge is -2.03. The molecule has 0 atom stereocenters. The summed E-state index contributed by atoms with van der Waals surface area (Å²) in [5, 5.41) is 12.1. The number of hydrogen-bond donors (Lipinski definition) is 4. The van der Waals surface area contributed by atoms with Gasteiger partial charge in [-0.3, -0.25) is 14.6 Å². The van der Waals surface area contributed by atoms with E-state index in [0.29, 0.717) is 11.5 Å². The molecule has 130 valence electrons. The molecule has 3 rings (SSSR count). The third-order valence-corrected chi connectivity index (χ3v) is 3.16. The van der Waals surface area contributed by atoms with E-state index in [0.717, 1.165) is 5.56 Å². The zero-order chi connectivity index (χ0) is 17.6. The van der Waals surface area contributed by atoms with Crippen LogP contribution >= 0.6 is 0 Å². The van der Waals surface area contributed by atoms with Crippen LogP contribution in [-0.4, -0.2) is 40.6 Å². The van der Waals surface area contributed by atoms with E-state index in [1.54, 1.807) is 18.2 Å². The number of anilines is 1. The number of nitrogens with zero attached hydrogens (tertiary/aromatic N) is 2. The smallest absolute Gasteiger partial charge is 0.342 e. The van der Waals surface area contributed by atoms with Crippen LogP contribution in [0.5, 0.6) is 11.5 Å². The number of ether oxygens (including phenoxy) is 2. The molecule has 0 unspecified atom stereocenters. The van der Waals surface area contributed by atoms with Crippen LogP contribution in [0.25, 0.3) is 0 Å². The summed E-state index contributed by atoms with van der Waals surface area (Å²) in [5.74, 6) is 0.859. The Morgan fingerprint density at radius 3 is 3.00 bits per heavy atom. The Morgan fingerprint density at radius 2 is 2.16 bits per heavy atom. The highest BCUT2D eigenvalue weighted by atomic mass is 16.7. The van der Waals surface area contributed by atoms with Gasteiger partial charge in [0.05, 0.1) is 6.21 Å². The fourth-order valence-corrected chi connectivity index (χ4v) is 1.99. The second kappa shape index (κ2) is 7.29. The quantitative estimate of drug-likeness (QED) is 0.392. The van der Waals surface area contributed by atoms with Gasteiger partial charge in [0.1, 0.15) is 0 Å². The first-order valence-corrected chi connectivity index (χ1v) is 7.26. The number of fused-ring (bicyclic) bond motifs is 1. The van der Waals surface area contributed by atoms with Crippen LogP contribution in [0.1, 0.15) is 12.0 Å². The number of carbonyl (C=O) groups is 1. The van der Waals surface area contributed by atoms with Crippen molar-refractivity contribution in [3.8, 4) is 11.5 Å². The van der Waals surface area contributed by atoms with Crippen molar-refractivity contribution in [2.24, 2.45) is 5.10 Å². The standard InChI is InChI=1S/C14H14N6O5/c21-11(3-4-15-12-13(22)17-14(23)20-19-12)18-16-6-8-1-2-9-10(5-8)25-7-24-9/h1-2,5-6H,3-4,7H2,(H,15,19)(H,18,21)(H2,17,20,22,23)/b16-6+. The zero-order valence-electron chi connectivity index (χ0n) is 12.9. The predicted molar refractivity (Wildman–Crippen MR) is 86.9 cm³/mol. The summed E-state index contributed by atoms with van der Waals surface area (Å²) in [6, 6.07) is 5.27. The number of nitrogens with one attached hydrogen (secondary N) is 4. The maximum atomic E-state index is 11.7. The topological polar surface area (TPSA) is 151 Å². The van der Waals surface area contributed by atoms with Gasteiger partial charge < -0.3 is 14.8 Å². The minimum Gasteiger partial charge on any atom is -0.454 e. The highest BCUT2D eigenvalue weighted by Gasteiger charge is 2.12. The lowest BCUT2D eigenvalue weighted by molar-refractivity contribution is -0.120. The molecule has 0 bridgehead atoms. The zero-order valence-corrected chi connectivity index (χ0v) is 12.9. The lowest BCUT2D eigenvalue weighted by Crippen LogP contribution is -2.28. The van der Waals surface area contributed by atoms with Crippen molar-refractivity contribution in [3.05, 3.63) is 44.6 Å². The highest BCUT2D eigenvalue weighted by Crippen LogP contribution is 2.31. The van der Waals surface area contributed by atoms with Crippen LogP contribution in [0.15, 0.2) is 32.9 Å². The Labute approximate surface area is 140 Å². The molecule has 1 aromatic heterocycles. The maximum Gasteiger partial charge on any atom is 0.342 e. The molecule has 25 heavy (non-hydrogen) atoms.